The standard InChI is InChI=1S/C25H28N4O7/c1-12-4-6-16(21(30)14(12)3)29(24(26)33)20-19(22(31)23(20)32)27-18(17-7-5-13(2)36-17)15-8-10-28(11-9-15)25(34)35/h4-7,15,18,27,30H,8-11H2,1-3H3,(H2,26,33)(H,34,35). The SMILES string of the molecule is Cc1ccc(C(Nc2c(N(C(N)=O)c3ccc(C)c(C)c3O)c(=O)c2=O)C2CCN(C(=O)O)CC2)o1. The van der Waals surface area contributed by atoms with E-state index in [4.69, 9.17) is 10.2 Å². The number of benzene rings is 1. The summed E-state index contributed by atoms with van der Waals surface area (Å²) < 4.78 is 5.82. The molecule has 3 amide bonds. The van der Waals surface area contributed by atoms with Crippen LogP contribution in [0.15, 0.2) is 38.3 Å². The zero-order valence-electron chi connectivity index (χ0n) is 20.2. The number of amides is 3. The van der Waals surface area contributed by atoms with Crippen LogP contribution in [0.1, 0.15) is 41.5 Å². The van der Waals surface area contributed by atoms with Gasteiger partial charge in [0.1, 0.15) is 28.6 Å². The summed E-state index contributed by atoms with van der Waals surface area (Å²) in [7, 11) is 0. The van der Waals surface area contributed by atoms with Crippen molar-refractivity contribution in [2.75, 3.05) is 23.3 Å². The summed E-state index contributed by atoms with van der Waals surface area (Å²) in [5.74, 6) is 0.802. The van der Waals surface area contributed by atoms with Gasteiger partial charge in [-0.3, -0.25) is 14.5 Å². The molecule has 1 fully saturated rings. The Balaban J connectivity index is 1.74. The molecule has 1 saturated heterocycles. The van der Waals surface area contributed by atoms with Gasteiger partial charge in [-0.05, 0) is 68.9 Å². The molecule has 1 aliphatic rings. The van der Waals surface area contributed by atoms with Gasteiger partial charge in [-0.1, -0.05) is 6.07 Å². The van der Waals surface area contributed by atoms with Crippen LogP contribution in [-0.4, -0.2) is 40.3 Å². The summed E-state index contributed by atoms with van der Waals surface area (Å²) >= 11 is 0. The smallest absolute Gasteiger partial charge is 0.407 e. The van der Waals surface area contributed by atoms with Crippen LogP contribution < -0.4 is 26.8 Å². The molecule has 0 aliphatic carbocycles. The van der Waals surface area contributed by atoms with Crippen molar-refractivity contribution in [3.8, 4) is 5.75 Å². The van der Waals surface area contributed by atoms with Crippen molar-refractivity contribution in [3.63, 3.8) is 0 Å². The number of carboxylic acid groups (broad SMARTS) is 1. The van der Waals surface area contributed by atoms with Crippen LogP contribution in [0.5, 0.6) is 5.75 Å². The molecule has 2 aromatic carbocycles. The summed E-state index contributed by atoms with van der Waals surface area (Å²) in [6.45, 7) is 5.82. The Morgan fingerprint density at radius 3 is 2.33 bits per heavy atom. The van der Waals surface area contributed by atoms with Gasteiger partial charge in [-0.15, -0.1) is 0 Å². The van der Waals surface area contributed by atoms with E-state index in [1.165, 1.54) is 11.0 Å². The van der Waals surface area contributed by atoms with Gasteiger partial charge >= 0.3 is 12.1 Å². The van der Waals surface area contributed by atoms with E-state index in [0.717, 1.165) is 10.5 Å². The van der Waals surface area contributed by atoms with Crippen LogP contribution in [0.4, 0.5) is 26.7 Å². The molecule has 11 heteroatoms. The second kappa shape index (κ2) is 9.40. The number of hydrogen-bond donors (Lipinski definition) is 4. The van der Waals surface area contributed by atoms with E-state index in [2.05, 4.69) is 5.32 Å². The van der Waals surface area contributed by atoms with Gasteiger partial charge in [-0.25, -0.2) is 9.59 Å². The maximum atomic E-state index is 12.7. The molecule has 0 bridgehead atoms. The Bertz CT molecular complexity index is 1390. The molecule has 1 aliphatic heterocycles. The Kier molecular flexibility index (Phi) is 6.49. The number of rotatable bonds is 6. The van der Waals surface area contributed by atoms with E-state index in [1.54, 1.807) is 39.0 Å². The lowest BCUT2D eigenvalue weighted by Gasteiger charge is -2.35. The quantitative estimate of drug-likeness (QED) is 0.377. The number of urea groups is 1. The minimum absolute atomic E-state index is 0.0130. The highest BCUT2D eigenvalue weighted by atomic mass is 16.4. The van der Waals surface area contributed by atoms with Crippen molar-refractivity contribution >= 4 is 29.2 Å². The predicted molar refractivity (Wildman–Crippen MR) is 133 cm³/mol. The van der Waals surface area contributed by atoms with Gasteiger partial charge in [0.25, 0.3) is 10.9 Å². The third kappa shape index (κ3) is 4.28. The van der Waals surface area contributed by atoms with Gasteiger partial charge in [0.15, 0.2) is 0 Å². The summed E-state index contributed by atoms with van der Waals surface area (Å²) in [4.78, 5) is 51.4. The van der Waals surface area contributed by atoms with Crippen LogP contribution >= 0.6 is 0 Å². The Hall–Kier alpha value is -4.28. The van der Waals surface area contributed by atoms with Gasteiger partial charge < -0.3 is 30.6 Å². The number of phenolic OH excluding ortho intramolecular Hbond substituents is 1. The third-order valence-corrected chi connectivity index (χ3v) is 6.90. The predicted octanol–water partition coefficient (Wildman–Crippen LogP) is 3.27. The maximum absolute atomic E-state index is 12.7. The number of piperidine rings is 1. The van der Waals surface area contributed by atoms with Gasteiger partial charge in [0.2, 0.25) is 0 Å². The number of anilines is 3. The number of nitrogens with one attached hydrogen (secondary N) is 1. The van der Waals surface area contributed by atoms with Crippen molar-refractivity contribution in [2.45, 2.75) is 39.7 Å². The first-order valence-electron chi connectivity index (χ1n) is 11.5. The summed E-state index contributed by atoms with van der Waals surface area (Å²) in [5, 5.41) is 23.1. The second-order valence-corrected chi connectivity index (χ2v) is 9.11. The first-order chi connectivity index (χ1) is 17.0. The van der Waals surface area contributed by atoms with E-state index < -0.39 is 29.0 Å². The first kappa shape index (κ1) is 24.8. The number of hydrogen-bond acceptors (Lipinski definition) is 7. The molecule has 1 unspecified atom stereocenters. The van der Waals surface area contributed by atoms with Crippen LogP contribution in [0.3, 0.4) is 0 Å². The molecule has 0 saturated carbocycles. The average molecular weight is 497 g/mol. The van der Waals surface area contributed by atoms with Crippen LogP contribution in [0.2, 0.25) is 0 Å². The van der Waals surface area contributed by atoms with E-state index in [0.29, 0.717) is 43.0 Å². The van der Waals surface area contributed by atoms with Crippen LogP contribution in [0.25, 0.3) is 0 Å². The summed E-state index contributed by atoms with van der Waals surface area (Å²) in [5.41, 5.74) is 4.75. The monoisotopic (exact) mass is 496 g/mol. The minimum Gasteiger partial charge on any atom is -0.505 e. The third-order valence-electron chi connectivity index (χ3n) is 6.90. The number of furan rings is 1. The minimum atomic E-state index is -1.04. The Morgan fingerprint density at radius 1 is 1.11 bits per heavy atom. The highest BCUT2D eigenvalue weighted by molar-refractivity contribution is 6.04. The molecule has 1 atom stereocenters. The van der Waals surface area contributed by atoms with Gasteiger partial charge in [0.05, 0.1) is 11.7 Å². The fraction of sp³-hybridized carbons (Fsp3) is 0.360. The lowest BCUT2D eigenvalue weighted by molar-refractivity contribution is 0.120. The number of primary amides is 1. The highest BCUT2D eigenvalue weighted by Gasteiger charge is 2.37. The van der Waals surface area contributed by atoms with E-state index in [-0.39, 0.29) is 28.7 Å². The topological polar surface area (TPSA) is 166 Å². The fourth-order valence-corrected chi connectivity index (χ4v) is 4.66. The number of phenols is 1. The van der Waals surface area contributed by atoms with Crippen molar-refractivity contribution in [1.82, 2.24) is 4.90 Å². The average Bonchev–Trinajstić information content (AvgIpc) is 3.28. The normalized spacial score (nSPS) is 15.1. The van der Waals surface area contributed by atoms with Gasteiger partial charge in [0, 0.05) is 13.1 Å². The highest BCUT2D eigenvalue weighted by Crippen LogP contribution is 2.40. The van der Waals surface area contributed by atoms with Crippen LogP contribution in [0, 0.1) is 26.7 Å². The van der Waals surface area contributed by atoms with E-state index in [1.807, 2.05) is 0 Å². The summed E-state index contributed by atoms with van der Waals surface area (Å²) in [6, 6.07) is 5.04. The molecule has 0 radical (unpaired) electrons. The molecule has 0 spiro atoms. The second-order valence-electron chi connectivity index (χ2n) is 9.11. The van der Waals surface area contributed by atoms with Crippen molar-refractivity contribution in [2.24, 2.45) is 11.7 Å². The van der Waals surface area contributed by atoms with Crippen molar-refractivity contribution < 1.29 is 24.2 Å². The first-order valence-corrected chi connectivity index (χ1v) is 11.5. The van der Waals surface area contributed by atoms with Crippen molar-refractivity contribution in [3.05, 3.63) is 67.4 Å². The van der Waals surface area contributed by atoms with E-state index >= 15 is 0 Å². The number of carbonyl (C=O) groups is 2. The molecule has 1 aromatic heterocycles. The number of nitrogens with zero attached hydrogens (tertiary/aromatic N) is 2. The number of nitrogens with two attached hydrogens (primary N) is 1. The van der Waals surface area contributed by atoms with E-state index in [9.17, 15) is 29.4 Å². The molecule has 2 heterocycles. The summed E-state index contributed by atoms with van der Waals surface area (Å²) in [6.07, 6.45) is -0.0143. The zero-order valence-corrected chi connectivity index (χ0v) is 20.2. The lowest BCUT2D eigenvalue weighted by atomic mass is 9.87. The zero-order chi connectivity index (χ0) is 26.3. The number of aryl methyl sites for hydroxylation is 2. The number of aromatic hydroxyl groups is 1. The maximum Gasteiger partial charge on any atom is 0.407 e. The van der Waals surface area contributed by atoms with Crippen molar-refractivity contribution in [1.29, 1.82) is 0 Å². The Morgan fingerprint density at radius 2 is 1.78 bits per heavy atom. The molecular weight excluding hydrogens is 468 g/mol. The Labute approximate surface area is 206 Å². The number of carbonyl (C=O) groups excluding carboxylic acids is 1. The molecule has 4 rings (SSSR count). The number of likely N-dealkylation sites (tertiary alicyclic amines) is 1. The molecule has 36 heavy (non-hydrogen) atoms. The van der Waals surface area contributed by atoms with Crippen LogP contribution in [-0.2, 0) is 0 Å². The molecule has 5 N–H and O–H groups in total. The molecular formula is C25H28N4O7. The largest absolute Gasteiger partial charge is 0.505 e. The van der Waals surface area contributed by atoms with Gasteiger partial charge in [-0.2, -0.15) is 0 Å². The fourth-order valence-electron chi connectivity index (χ4n) is 4.66. The molecule has 3 aromatic rings. The molecule has 11 nitrogen and oxygen atoms in total. The lowest BCUT2D eigenvalue weighted by Crippen LogP contribution is -2.46. The molecule has 190 valence electrons.